The Morgan fingerprint density at radius 3 is 2.38 bits per heavy atom. The fraction of sp³-hybridized carbons (Fsp3) is 0.250. The largest absolute Gasteiger partial charge is 0.507 e. The van der Waals surface area contributed by atoms with Crippen LogP contribution in [-0.2, 0) is 11.3 Å². The van der Waals surface area contributed by atoms with E-state index in [1.807, 2.05) is 26.0 Å². The third-order valence-electron chi connectivity index (χ3n) is 3.81. The molecule has 0 bridgehead atoms. The Morgan fingerprint density at radius 2 is 1.79 bits per heavy atom. The van der Waals surface area contributed by atoms with Gasteiger partial charge in [-0.05, 0) is 66.9 Å². The number of methoxy groups -OCH3 is 2. The molecule has 0 aliphatic rings. The number of carbonyl (C=O) groups excluding carboxylic acids is 1. The minimum Gasteiger partial charge on any atom is -0.507 e. The lowest BCUT2D eigenvalue weighted by Gasteiger charge is -2.09. The van der Waals surface area contributed by atoms with Crippen LogP contribution in [0.15, 0.2) is 36.4 Å². The first kappa shape index (κ1) is 17.8. The standard InChI is InChI=1S/C20H22O4/c1-13-9-15(10-14(2)20(13)22)5-7-18(21)16-6-8-19(24-4)17(11-16)12-23-3/h5-11,22H,12H2,1-4H3/b7-5+. The Kier molecular flexibility index (Phi) is 5.77. The minimum atomic E-state index is -0.0987. The molecule has 4 nitrogen and oxygen atoms in total. The molecule has 0 heterocycles. The molecule has 126 valence electrons. The van der Waals surface area contributed by atoms with Gasteiger partial charge < -0.3 is 14.6 Å². The summed E-state index contributed by atoms with van der Waals surface area (Å²) in [5.74, 6) is 0.887. The summed E-state index contributed by atoms with van der Waals surface area (Å²) in [6, 6.07) is 8.97. The van der Waals surface area contributed by atoms with Gasteiger partial charge in [0.1, 0.15) is 11.5 Å². The Hall–Kier alpha value is -2.59. The quantitative estimate of drug-likeness (QED) is 0.642. The third kappa shape index (κ3) is 4.03. The van der Waals surface area contributed by atoms with E-state index >= 15 is 0 Å². The van der Waals surface area contributed by atoms with Crippen LogP contribution < -0.4 is 4.74 Å². The minimum absolute atomic E-state index is 0.0987. The van der Waals surface area contributed by atoms with E-state index in [2.05, 4.69) is 0 Å². The lowest BCUT2D eigenvalue weighted by molar-refractivity contribution is 0.104. The molecule has 0 atom stereocenters. The van der Waals surface area contributed by atoms with E-state index in [4.69, 9.17) is 9.47 Å². The number of benzene rings is 2. The van der Waals surface area contributed by atoms with Crippen molar-refractivity contribution in [3.05, 3.63) is 64.2 Å². The lowest BCUT2D eigenvalue weighted by atomic mass is 10.0. The molecule has 24 heavy (non-hydrogen) atoms. The van der Waals surface area contributed by atoms with Crippen molar-refractivity contribution in [3.8, 4) is 11.5 Å². The molecule has 0 saturated heterocycles. The molecule has 0 fully saturated rings. The number of phenols is 1. The summed E-state index contributed by atoms with van der Waals surface area (Å²) in [6.07, 6.45) is 3.28. The van der Waals surface area contributed by atoms with Crippen LogP contribution >= 0.6 is 0 Å². The number of hydrogen-bond acceptors (Lipinski definition) is 4. The highest BCUT2D eigenvalue weighted by Crippen LogP contribution is 2.24. The van der Waals surface area contributed by atoms with Gasteiger partial charge in [-0.25, -0.2) is 0 Å². The van der Waals surface area contributed by atoms with Crippen molar-refractivity contribution < 1.29 is 19.4 Å². The van der Waals surface area contributed by atoms with Crippen LogP contribution in [-0.4, -0.2) is 25.1 Å². The molecule has 1 N–H and O–H groups in total. The number of ether oxygens (including phenoxy) is 2. The van der Waals surface area contributed by atoms with Crippen molar-refractivity contribution in [2.24, 2.45) is 0 Å². The maximum absolute atomic E-state index is 12.4. The molecule has 0 radical (unpaired) electrons. The normalized spacial score (nSPS) is 11.0. The van der Waals surface area contributed by atoms with Crippen LogP contribution in [0.1, 0.15) is 32.6 Å². The fourth-order valence-electron chi connectivity index (χ4n) is 2.55. The number of allylic oxidation sites excluding steroid dienone is 1. The van der Waals surface area contributed by atoms with Gasteiger partial charge >= 0.3 is 0 Å². The molecule has 2 aromatic carbocycles. The number of ketones is 1. The van der Waals surface area contributed by atoms with E-state index in [9.17, 15) is 9.90 Å². The molecule has 0 unspecified atom stereocenters. The number of aromatic hydroxyl groups is 1. The SMILES string of the molecule is COCc1cc(C(=O)/C=C/c2cc(C)c(O)c(C)c2)ccc1OC. The number of rotatable bonds is 6. The first-order valence-electron chi connectivity index (χ1n) is 7.64. The van der Waals surface area contributed by atoms with Crippen molar-refractivity contribution in [2.45, 2.75) is 20.5 Å². The molecule has 2 aromatic rings. The maximum atomic E-state index is 12.4. The van der Waals surface area contributed by atoms with E-state index in [0.717, 1.165) is 22.3 Å². The zero-order valence-corrected chi connectivity index (χ0v) is 14.4. The van der Waals surface area contributed by atoms with Gasteiger partial charge in [0.2, 0.25) is 0 Å². The van der Waals surface area contributed by atoms with E-state index in [1.54, 1.807) is 38.5 Å². The summed E-state index contributed by atoms with van der Waals surface area (Å²) in [6.45, 7) is 4.05. The molecule has 4 heteroatoms. The van der Waals surface area contributed by atoms with Crippen LogP contribution in [0.2, 0.25) is 0 Å². The van der Waals surface area contributed by atoms with Crippen molar-refractivity contribution in [3.63, 3.8) is 0 Å². The summed E-state index contributed by atoms with van der Waals surface area (Å²) in [4.78, 5) is 12.4. The molecule has 0 amide bonds. The van der Waals surface area contributed by atoms with Crippen molar-refractivity contribution in [2.75, 3.05) is 14.2 Å². The first-order valence-corrected chi connectivity index (χ1v) is 7.64. The summed E-state index contributed by atoms with van der Waals surface area (Å²) in [5, 5.41) is 9.80. The molecule has 0 spiro atoms. The molecule has 0 aliphatic heterocycles. The summed E-state index contributed by atoms with van der Waals surface area (Å²) >= 11 is 0. The zero-order valence-electron chi connectivity index (χ0n) is 14.4. The average Bonchev–Trinajstić information content (AvgIpc) is 2.57. The van der Waals surface area contributed by atoms with Crippen molar-refractivity contribution in [1.82, 2.24) is 0 Å². The summed E-state index contributed by atoms with van der Waals surface area (Å²) in [7, 11) is 3.19. The van der Waals surface area contributed by atoms with Crippen molar-refractivity contribution in [1.29, 1.82) is 0 Å². The second kappa shape index (κ2) is 7.79. The Bertz CT molecular complexity index is 752. The third-order valence-corrected chi connectivity index (χ3v) is 3.81. The summed E-state index contributed by atoms with van der Waals surface area (Å²) < 4.78 is 10.4. The smallest absolute Gasteiger partial charge is 0.185 e. The van der Waals surface area contributed by atoms with Gasteiger partial charge in [-0.3, -0.25) is 4.79 Å². The molecule has 2 rings (SSSR count). The molecule has 0 aromatic heterocycles. The van der Waals surface area contributed by atoms with Crippen LogP contribution in [0.3, 0.4) is 0 Å². The Balaban J connectivity index is 2.24. The molecule has 0 aliphatic carbocycles. The molecular formula is C20H22O4. The van der Waals surface area contributed by atoms with Gasteiger partial charge in [0.25, 0.3) is 0 Å². The predicted octanol–water partition coefficient (Wildman–Crippen LogP) is 4.06. The van der Waals surface area contributed by atoms with Crippen LogP contribution in [0.5, 0.6) is 11.5 Å². The van der Waals surface area contributed by atoms with Gasteiger partial charge in [0, 0.05) is 18.2 Å². The molecular weight excluding hydrogens is 304 g/mol. The van der Waals surface area contributed by atoms with E-state index in [0.29, 0.717) is 17.9 Å². The van der Waals surface area contributed by atoms with Gasteiger partial charge in [-0.15, -0.1) is 0 Å². The van der Waals surface area contributed by atoms with Gasteiger partial charge in [-0.2, -0.15) is 0 Å². The highest BCUT2D eigenvalue weighted by atomic mass is 16.5. The lowest BCUT2D eigenvalue weighted by Crippen LogP contribution is -1.99. The maximum Gasteiger partial charge on any atom is 0.185 e. The number of carbonyl (C=O) groups is 1. The average molecular weight is 326 g/mol. The molecule has 0 saturated carbocycles. The van der Waals surface area contributed by atoms with Crippen LogP contribution in [0, 0.1) is 13.8 Å². The number of phenolic OH excluding ortho intramolecular Hbond substituents is 1. The van der Waals surface area contributed by atoms with Crippen LogP contribution in [0.25, 0.3) is 6.08 Å². The van der Waals surface area contributed by atoms with Crippen LogP contribution in [0.4, 0.5) is 0 Å². The van der Waals surface area contributed by atoms with Crippen molar-refractivity contribution >= 4 is 11.9 Å². The topological polar surface area (TPSA) is 55.8 Å². The first-order chi connectivity index (χ1) is 11.5. The van der Waals surface area contributed by atoms with E-state index in [1.165, 1.54) is 6.08 Å². The van der Waals surface area contributed by atoms with E-state index in [-0.39, 0.29) is 11.5 Å². The second-order valence-corrected chi connectivity index (χ2v) is 5.66. The van der Waals surface area contributed by atoms with Gasteiger partial charge in [0.05, 0.1) is 13.7 Å². The predicted molar refractivity (Wildman–Crippen MR) is 94.7 cm³/mol. The second-order valence-electron chi connectivity index (χ2n) is 5.66. The van der Waals surface area contributed by atoms with Gasteiger partial charge in [-0.1, -0.05) is 6.08 Å². The Morgan fingerprint density at radius 1 is 1.12 bits per heavy atom. The number of aryl methyl sites for hydroxylation is 2. The van der Waals surface area contributed by atoms with E-state index < -0.39 is 0 Å². The Labute approximate surface area is 142 Å². The number of hydrogen-bond donors (Lipinski definition) is 1. The fourth-order valence-corrected chi connectivity index (χ4v) is 2.55. The zero-order chi connectivity index (χ0) is 17.7. The monoisotopic (exact) mass is 326 g/mol. The highest BCUT2D eigenvalue weighted by Gasteiger charge is 2.08. The van der Waals surface area contributed by atoms with Gasteiger partial charge in [0.15, 0.2) is 5.78 Å². The summed E-state index contributed by atoms with van der Waals surface area (Å²) in [5.41, 5.74) is 3.85. The highest BCUT2D eigenvalue weighted by molar-refractivity contribution is 6.07.